The summed E-state index contributed by atoms with van der Waals surface area (Å²) in [5, 5.41) is 0. The number of likely N-dealkylation sites (tertiary alicyclic amines) is 1. The molecule has 0 aromatic heterocycles. The van der Waals surface area contributed by atoms with Crippen LogP contribution in [0.4, 0.5) is 4.79 Å². The zero-order valence-electron chi connectivity index (χ0n) is 10.7. The molecule has 1 aliphatic heterocycles. The number of nitrogens with zero attached hydrogens (tertiary/aromatic N) is 1. The Hall–Kier alpha value is -1.51. The van der Waals surface area contributed by atoms with E-state index in [9.17, 15) is 4.79 Å². The maximum atomic E-state index is 12.1. The van der Waals surface area contributed by atoms with Crippen LogP contribution in [0.3, 0.4) is 0 Å². The average Bonchev–Trinajstić information content (AvgIpc) is 2.98. The number of carbonyl (C=O) groups is 1. The van der Waals surface area contributed by atoms with Gasteiger partial charge in [-0.15, -0.1) is 0 Å². The first-order valence-corrected chi connectivity index (χ1v) is 6.74. The van der Waals surface area contributed by atoms with Gasteiger partial charge in [-0.2, -0.15) is 0 Å². The van der Waals surface area contributed by atoms with Crippen LogP contribution in [-0.4, -0.2) is 23.1 Å². The molecule has 1 saturated carbocycles. The second-order valence-electron chi connectivity index (χ2n) is 5.42. The molecule has 0 unspecified atom stereocenters. The van der Waals surface area contributed by atoms with Crippen molar-refractivity contribution in [2.45, 2.75) is 44.9 Å². The lowest BCUT2D eigenvalue weighted by molar-refractivity contribution is 0.0684. The average molecular weight is 245 g/mol. The van der Waals surface area contributed by atoms with Gasteiger partial charge in [0, 0.05) is 12.1 Å². The summed E-state index contributed by atoms with van der Waals surface area (Å²) in [5.74, 6) is 0.694. The van der Waals surface area contributed by atoms with E-state index >= 15 is 0 Å². The Labute approximate surface area is 108 Å². The molecule has 1 saturated heterocycles. The van der Waals surface area contributed by atoms with Gasteiger partial charge in [0.05, 0.1) is 0 Å². The Kier molecular flexibility index (Phi) is 2.98. The third-order valence-electron chi connectivity index (χ3n) is 4.38. The lowest BCUT2D eigenvalue weighted by Crippen LogP contribution is -2.43. The molecule has 1 aromatic rings. The molecule has 3 nitrogen and oxygen atoms in total. The van der Waals surface area contributed by atoms with E-state index in [-0.39, 0.29) is 6.09 Å². The van der Waals surface area contributed by atoms with Gasteiger partial charge in [-0.3, -0.25) is 0 Å². The Morgan fingerprint density at radius 1 is 1.33 bits per heavy atom. The highest BCUT2D eigenvalue weighted by atomic mass is 16.6. The van der Waals surface area contributed by atoms with Crippen molar-refractivity contribution in [3.63, 3.8) is 0 Å². The van der Waals surface area contributed by atoms with E-state index in [2.05, 4.69) is 6.92 Å². The molecule has 2 bridgehead atoms. The highest BCUT2D eigenvalue weighted by Gasteiger charge is 2.46. The molecule has 0 spiro atoms. The number of rotatable bonds is 2. The van der Waals surface area contributed by atoms with Gasteiger partial charge in [0.15, 0.2) is 0 Å². The first-order chi connectivity index (χ1) is 8.75. The fraction of sp³-hybridized carbons (Fsp3) is 0.533. The van der Waals surface area contributed by atoms with Crippen LogP contribution in [-0.2, 0) is 11.3 Å². The first-order valence-electron chi connectivity index (χ1n) is 6.74. The van der Waals surface area contributed by atoms with Gasteiger partial charge < -0.3 is 9.64 Å². The molecule has 96 valence electrons. The van der Waals surface area contributed by atoms with Crippen molar-refractivity contribution in [1.82, 2.24) is 4.90 Å². The normalized spacial score (nSPS) is 29.6. The van der Waals surface area contributed by atoms with E-state index in [0.29, 0.717) is 24.6 Å². The predicted octanol–water partition coefficient (Wildman–Crippen LogP) is 3.20. The highest BCUT2D eigenvalue weighted by molar-refractivity contribution is 5.69. The van der Waals surface area contributed by atoms with Crippen molar-refractivity contribution in [3.05, 3.63) is 35.9 Å². The molecule has 18 heavy (non-hydrogen) atoms. The Morgan fingerprint density at radius 3 is 2.78 bits per heavy atom. The molecular formula is C15H19NO2. The number of benzene rings is 1. The van der Waals surface area contributed by atoms with Crippen LogP contribution in [0.25, 0.3) is 0 Å². The van der Waals surface area contributed by atoms with Crippen LogP contribution >= 0.6 is 0 Å². The molecule has 2 fully saturated rings. The van der Waals surface area contributed by atoms with Crippen molar-refractivity contribution in [2.75, 3.05) is 0 Å². The van der Waals surface area contributed by atoms with Crippen LogP contribution in [0.5, 0.6) is 0 Å². The minimum Gasteiger partial charge on any atom is -0.445 e. The van der Waals surface area contributed by atoms with Crippen LogP contribution < -0.4 is 0 Å². The van der Waals surface area contributed by atoms with Crippen LogP contribution in [0.1, 0.15) is 31.7 Å². The lowest BCUT2D eigenvalue weighted by atomic mass is 10.0. The molecule has 1 aliphatic carbocycles. The summed E-state index contributed by atoms with van der Waals surface area (Å²) in [5.41, 5.74) is 1.04. The zero-order valence-corrected chi connectivity index (χ0v) is 10.7. The monoisotopic (exact) mass is 245 g/mol. The summed E-state index contributed by atoms with van der Waals surface area (Å²) in [7, 11) is 0. The number of piperidine rings is 1. The van der Waals surface area contributed by atoms with Gasteiger partial charge in [-0.1, -0.05) is 30.3 Å². The molecule has 3 atom stereocenters. The number of fused-ring (bicyclic) bond motifs is 2. The summed E-state index contributed by atoms with van der Waals surface area (Å²) >= 11 is 0. The Bertz CT molecular complexity index is 429. The zero-order chi connectivity index (χ0) is 12.5. The maximum absolute atomic E-state index is 12.1. The molecular weight excluding hydrogens is 226 g/mol. The van der Waals surface area contributed by atoms with Crippen LogP contribution in [0.2, 0.25) is 0 Å². The van der Waals surface area contributed by atoms with Gasteiger partial charge in [-0.25, -0.2) is 4.79 Å². The summed E-state index contributed by atoms with van der Waals surface area (Å²) in [4.78, 5) is 14.1. The molecule has 1 heterocycles. The van der Waals surface area contributed by atoms with Crippen molar-refractivity contribution >= 4 is 6.09 Å². The fourth-order valence-electron chi connectivity index (χ4n) is 3.35. The second-order valence-corrected chi connectivity index (χ2v) is 5.42. The maximum Gasteiger partial charge on any atom is 0.410 e. The van der Waals surface area contributed by atoms with Crippen molar-refractivity contribution in [2.24, 2.45) is 5.92 Å². The van der Waals surface area contributed by atoms with Gasteiger partial charge in [0.1, 0.15) is 6.61 Å². The predicted molar refractivity (Wildman–Crippen MR) is 69.1 cm³/mol. The molecule has 1 amide bonds. The largest absolute Gasteiger partial charge is 0.445 e. The van der Waals surface area contributed by atoms with E-state index in [1.807, 2.05) is 35.2 Å². The third-order valence-corrected chi connectivity index (χ3v) is 4.38. The van der Waals surface area contributed by atoms with Gasteiger partial charge in [-0.05, 0) is 37.7 Å². The highest BCUT2D eigenvalue weighted by Crippen LogP contribution is 2.42. The Morgan fingerprint density at radius 2 is 2.11 bits per heavy atom. The minimum absolute atomic E-state index is 0.140. The smallest absolute Gasteiger partial charge is 0.410 e. The molecule has 0 radical (unpaired) electrons. The van der Waals surface area contributed by atoms with E-state index in [1.54, 1.807) is 0 Å². The quantitative estimate of drug-likeness (QED) is 0.800. The van der Waals surface area contributed by atoms with E-state index in [1.165, 1.54) is 12.8 Å². The number of carbonyl (C=O) groups excluding carboxylic acids is 1. The van der Waals surface area contributed by atoms with Crippen molar-refractivity contribution in [3.8, 4) is 0 Å². The topological polar surface area (TPSA) is 29.5 Å². The second kappa shape index (κ2) is 4.63. The summed E-state index contributed by atoms with van der Waals surface area (Å²) in [6.07, 6.45) is 3.45. The molecule has 3 rings (SSSR count). The van der Waals surface area contributed by atoms with E-state index in [4.69, 9.17) is 4.74 Å². The number of ether oxygens (including phenoxy) is 1. The number of hydrogen-bond donors (Lipinski definition) is 0. The summed E-state index contributed by atoms with van der Waals surface area (Å²) in [6.45, 7) is 2.52. The molecule has 0 N–H and O–H groups in total. The molecule has 3 heteroatoms. The van der Waals surface area contributed by atoms with Gasteiger partial charge in [0.25, 0.3) is 0 Å². The number of hydrogen-bond acceptors (Lipinski definition) is 2. The Balaban J connectivity index is 1.59. The molecule has 2 aliphatic rings. The first kappa shape index (κ1) is 11.6. The van der Waals surface area contributed by atoms with Crippen LogP contribution in [0, 0.1) is 5.92 Å². The van der Waals surface area contributed by atoms with Crippen molar-refractivity contribution in [1.29, 1.82) is 0 Å². The fourth-order valence-corrected chi connectivity index (χ4v) is 3.35. The van der Waals surface area contributed by atoms with Crippen molar-refractivity contribution < 1.29 is 9.53 Å². The summed E-state index contributed by atoms with van der Waals surface area (Å²) < 4.78 is 5.42. The van der Waals surface area contributed by atoms with Crippen LogP contribution in [0.15, 0.2) is 30.3 Å². The minimum atomic E-state index is -0.140. The van der Waals surface area contributed by atoms with Gasteiger partial charge in [0.2, 0.25) is 0 Å². The number of amides is 1. The molecule has 1 aromatic carbocycles. The summed E-state index contributed by atoms with van der Waals surface area (Å²) in [6, 6.07) is 10.6. The standard InChI is InChI=1S/C15H19NO2/c1-11-13-7-8-14(9-13)16(11)15(17)18-10-12-5-3-2-4-6-12/h2-6,11,13-14H,7-10H2,1H3/t11-,13+,14-/m1/s1. The SMILES string of the molecule is C[C@@H]1[C@H]2CC[C@H](C2)N1C(=O)OCc1ccccc1. The lowest BCUT2D eigenvalue weighted by Gasteiger charge is -2.32. The van der Waals surface area contributed by atoms with Gasteiger partial charge >= 0.3 is 6.09 Å². The van der Waals surface area contributed by atoms with E-state index in [0.717, 1.165) is 12.0 Å². The van der Waals surface area contributed by atoms with E-state index < -0.39 is 0 Å². The third kappa shape index (κ3) is 1.98.